The zero-order chi connectivity index (χ0) is 26.4. The molecule has 0 spiro atoms. The van der Waals surface area contributed by atoms with E-state index in [0.29, 0.717) is 53.9 Å². The third-order valence-electron chi connectivity index (χ3n) is 13.0. The van der Waals surface area contributed by atoms with Gasteiger partial charge in [0.2, 0.25) is 5.91 Å². The van der Waals surface area contributed by atoms with E-state index in [4.69, 9.17) is 0 Å². The molecule has 1 aliphatic heterocycles. The lowest BCUT2D eigenvalue weighted by atomic mass is 9.41. The molecule has 5 aliphatic rings. The number of hydrogen-bond acceptors (Lipinski definition) is 4. The fraction of sp³-hybridized carbons (Fsp3) is 0.969. The first-order valence-electron chi connectivity index (χ1n) is 16.0. The maximum absolute atomic E-state index is 12.6. The molecule has 4 aliphatic carbocycles. The van der Waals surface area contributed by atoms with E-state index in [1.807, 2.05) is 0 Å². The van der Waals surface area contributed by atoms with Crippen molar-refractivity contribution in [2.75, 3.05) is 13.1 Å². The Balaban J connectivity index is 1.22. The molecule has 1 amide bonds. The molecule has 4 saturated carbocycles. The molecule has 5 fully saturated rings. The summed E-state index contributed by atoms with van der Waals surface area (Å²) in [6.07, 6.45) is 13.7. The zero-order valence-electron chi connectivity index (χ0n) is 24.2. The molecule has 37 heavy (non-hydrogen) atoms. The largest absolute Gasteiger partial charge is 0.393 e. The summed E-state index contributed by atoms with van der Waals surface area (Å²) in [6.45, 7) is 11.6. The van der Waals surface area contributed by atoms with Crippen LogP contribution in [0.2, 0.25) is 0 Å². The Kier molecular flexibility index (Phi) is 8.36. The third-order valence-corrected chi connectivity index (χ3v) is 13.0. The van der Waals surface area contributed by atoms with Crippen molar-refractivity contribution in [1.82, 2.24) is 10.6 Å². The van der Waals surface area contributed by atoms with Crippen molar-refractivity contribution in [3.8, 4) is 0 Å². The predicted octanol–water partition coefficient (Wildman–Crippen LogP) is 5.29. The predicted molar refractivity (Wildman–Crippen MR) is 149 cm³/mol. The monoisotopic (exact) mass is 516 g/mol. The highest BCUT2D eigenvalue weighted by Gasteiger charge is 2.64. The number of aliphatic hydroxyl groups excluding tert-OH is 2. The Hall–Kier alpha value is -0.650. The summed E-state index contributed by atoms with van der Waals surface area (Å²) in [6, 6.07) is 0.586. The summed E-state index contributed by atoms with van der Waals surface area (Å²) < 4.78 is 0. The Labute approximate surface area is 226 Å². The first kappa shape index (κ1) is 27.9. The van der Waals surface area contributed by atoms with Crippen LogP contribution in [0, 0.1) is 52.3 Å². The second kappa shape index (κ2) is 11.1. The van der Waals surface area contributed by atoms with Crippen LogP contribution in [0.25, 0.3) is 0 Å². The van der Waals surface area contributed by atoms with Crippen LogP contribution in [0.15, 0.2) is 0 Å². The highest BCUT2D eigenvalue weighted by molar-refractivity contribution is 5.75. The molecule has 0 aromatic rings. The summed E-state index contributed by atoms with van der Waals surface area (Å²) in [5.41, 5.74) is 0.544. The van der Waals surface area contributed by atoms with E-state index in [-0.39, 0.29) is 28.9 Å². The Morgan fingerprint density at radius 1 is 1.03 bits per heavy atom. The first-order chi connectivity index (χ1) is 17.7. The normalized spacial score (nSPS) is 48.1. The van der Waals surface area contributed by atoms with Gasteiger partial charge in [-0.1, -0.05) is 34.1 Å². The van der Waals surface area contributed by atoms with Gasteiger partial charge in [0.25, 0.3) is 0 Å². The zero-order valence-corrected chi connectivity index (χ0v) is 24.2. The van der Waals surface area contributed by atoms with E-state index in [2.05, 4.69) is 38.3 Å². The maximum Gasteiger partial charge on any atom is 0.220 e. The van der Waals surface area contributed by atoms with Crippen molar-refractivity contribution in [1.29, 1.82) is 0 Å². The maximum atomic E-state index is 12.6. The van der Waals surface area contributed by atoms with Crippen LogP contribution in [0.5, 0.6) is 0 Å². The number of nitrogens with one attached hydrogen (secondary N) is 2. The molecule has 5 nitrogen and oxygen atoms in total. The molecule has 212 valence electrons. The lowest BCUT2D eigenvalue weighted by Crippen LogP contribution is -2.62. The lowest BCUT2D eigenvalue weighted by molar-refractivity contribution is -0.203. The lowest BCUT2D eigenvalue weighted by Gasteiger charge is -2.64. The number of aliphatic hydroxyl groups is 2. The smallest absolute Gasteiger partial charge is 0.220 e. The minimum atomic E-state index is -0.225. The van der Waals surface area contributed by atoms with Gasteiger partial charge in [-0.25, -0.2) is 0 Å². The average molecular weight is 517 g/mol. The van der Waals surface area contributed by atoms with Crippen LogP contribution < -0.4 is 10.6 Å². The molecule has 0 bridgehead atoms. The third kappa shape index (κ3) is 5.04. The van der Waals surface area contributed by atoms with Gasteiger partial charge in [-0.2, -0.15) is 0 Å². The highest BCUT2D eigenvalue weighted by atomic mass is 16.3. The van der Waals surface area contributed by atoms with Gasteiger partial charge in [0.1, 0.15) is 0 Å². The van der Waals surface area contributed by atoms with E-state index < -0.39 is 0 Å². The van der Waals surface area contributed by atoms with Gasteiger partial charge < -0.3 is 20.8 Å². The topological polar surface area (TPSA) is 81.6 Å². The van der Waals surface area contributed by atoms with E-state index in [1.54, 1.807) is 0 Å². The Morgan fingerprint density at radius 3 is 2.51 bits per heavy atom. The fourth-order valence-electron chi connectivity index (χ4n) is 11.0. The molecule has 12 atom stereocenters. The van der Waals surface area contributed by atoms with E-state index in [9.17, 15) is 15.0 Å². The number of hydrogen-bond donors (Lipinski definition) is 4. The molecule has 1 saturated heterocycles. The summed E-state index contributed by atoms with van der Waals surface area (Å²) in [5.74, 6) is 3.80. The number of fused-ring (bicyclic) bond motifs is 5. The van der Waals surface area contributed by atoms with Gasteiger partial charge >= 0.3 is 0 Å². The minimum Gasteiger partial charge on any atom is -0.393 e. The second-order valence-electron chi connectivity index (χ2n) is 14.6. The van der Waals surface area contributed by atoms with Crippen LogP contribution >= 0.6 is 0 Å². The van der Waals surface area contributed by atoms with Gasteiger partial charge in [-0.3, -0.25) is 4.79 Å². The summed E-state index contributed by atoms with van der Waals surface area (Å²) in [4.78, 5) is 12.6. The average Bonchev–Trinajstić information content (AvgIpc) is 3.51. The quantitative estimate of drug-likeness (QED) is 0.353. The molecule has 0 aromatic heterocycles. The number of rotatable bonds is 8. The van der Waals surface area contributed by atoms with Crippen molar-refractivity contribution in [3.05, 3.63) is 0 Å². The molecule has 5 heteroatoms. The molecular weight excluding hydrogens is 460 g/mol. The summed E-state index contributed by atoms with van der Waals surface area (Å²) >= 11 is 0. The molecule has 1 heterocycles. The Morgan fingerprint density at radius 2 is 1.78 bits per heavy atom. The van der Waals surface area contributed by atoms with Crippen LogP contribution in [0.1, 0.15) is 111 Å². The number of carbonyl (C=O) groups is 1. The molecule has 5 rings (SSSR count). The molecule has 0 aromatic carbocycles. The molecule has 4 N–H and O–H groups in total. The van der Waals surface area contributed by atoms with Crippen molar-refractivity contribution in [3.63, 3.8) is 0 Å². The second-order valence-corrected chi connectivity index (χ2v) is 14.6. The summed E-state index contributed by atoms with van der Waals surface area (Å²) in [5, 5.41) is 29.1. The van der Waals surface area contributed by atoms with Crippen LogP contribution in [-0.4, -0.2) is 47.5 Å². The highest BCUT2D eigenvalue weighted by Crippen LogP contribution is 2.69. The first-order valence-corrected chi connectivity index (χ1v) is 16.0. The van der Waals surface area contributed by atoms with Crippen LogP contribution in [0.4, 0.5) is 0 Å². The van der Waals surface area contributed by atoms with Crippen LogP contribution in [-0.2, 0) is 4.79 Å². The Bertz CT molecular complexity index is 799. The molecule has 1 unspecified atom stereocenters. The van der Waals surface area contributed by atoms with Gasteiger partial charge in [-0.15, -0.1) is 0 Å². The number of carbonyl (C=O) groups excluding carboxylic acids is 1. The van der Waals surface area contributed by atoms with Crippen molar-refractivity contribution >= 4 is 5.91 Å². The van der Waals surface area contributed by atoms with Crippen molar-refractivity contribution in [2.24, 2.45) is 52.3 Å². The van der Waals surface area contributed by atoms with Gasteiger partial charge in [0, 0.05) is 19.0 Å². The number of amides is 1. The summed E-state index contributed by atoms with van der Waals surface area (Å²) in [7, 11) is 0. The van der Waals surface area contributed by atoms with Gasteiger partial charge in [-0.05, 0) is 129 Å². The van der Waals surface area contributed by atoms with E-state index in [0.717, 1.165) is 51.6 Å². The molecular formula is C32H56N2O3. The molecule has 0 radical (unpaired) electrons. The standard InChI is InChI=1S/C32H56N2O3/c1-5-23-27-19-22(35)12-15-32(27,4)26-13-16-31(3)24(9-10-25(31)29(26)30(23)37)20(2)8-11-28(36)34-18-14-21-7-6-17-33-21/h20-27,29-30,33,35,37H,5-19H2,1-4H3,(H,34,36)/t20-,21?,22-,23-,24-,25+,26+,27+,29+,30-,31-,32-/m1/s1. The minimum absolute atomic E-state index is 0.182. The fourth-order valence-corrected chi connectivity index (χ4v) is 11.0. The van der Waals surface area contributed by atoms with Gasteiger partial charge in [0.15, 0.2) is 0 Å². The SMILES string of the molecule is CC[C@H]1[C@@H](O)[C@@H]2[C@H](CC[C@]3(C)[C@@H]([C@H](C)CCC(=O)NCCC4CCCN4)CC[C@@H]23)[C@@]2(C)CC[C@@H](O)C[C@@H]12. The van der Waals surface area contributed by atoms with Crippen molar-refractivity contribution < 1.29 is 15.0 Å². The van der Waals surface area contributed by atoms with Crippen molar-refractivity contribution in [2.45, 2.75) is 129 Å². The van der Waals surface area contributed by atoms with E-state index in [1.165, 1.54) is 38.5 Å². The van der Waals surface area contributed by atoms with Crippen LogP contribution in [0.3, 0.4) is 0 Å². The van der Waals surface area contributed by atoms with E-state index >= 15 is 0 Å². The van der Waals surface area contributed by atoms with Gasteiger partial charge in [0.05, 0.1) is 12.2 Å².